The van der Waals surface area contributed by atoms with Crippen molar-refractivity contribution in [1.29, 1.82) is 0 Å². The molecule has 0 aliphatic heterocycles. The fraction of sp³-hybridized carbons (Fsp3) is 0.562. The Hall–Kier alpha value is -1.36. The lowest BCUT2D eigenvalue weighted by atomic mass is 9.77. The third kappa shape index (κ3) is 3.64. The van der Waals surface area contributed by atoms with Crippen molar-refractivity contribution in [3.63, 3.8) is 0 Å². The Bertz CT molecular complexity index is 504. The van der Waals surface area contributed by atoms with Crippen molar-refractivity contribution in [3.8, 4) is 0 Å². The highest BCUT2D eigenvalue weighted by Crippen LogP contribution is 2.35. The first kappa shape index (κ1) is 16.0. The Kier molecular flexibility index (Phi) is 4.71. The zero-order valence-electron chi connectivity index (χ0n) is 12.1. The number of hydrogen-bond acceptors (Lipinski definition) is 2. The second kappa shape index (κ2) is 6.18. The van der Waals surface area contributed by atoms with Crippen LogP contribution >= 0.6 is 0 Å². The Morgan fingerprint density at radius 3 is 2.38 bits per heavy atom. The van der Waals surface area contributed by atoms with Gasteiger partial charge in [0.2, 0.25) is 0 Å². The van der Waals surface area contributed by atoms with E-state index in [2.05, 4.69) is 5.32 Å². The Labute approximate surface area is 122 Å². The lowest BCUT2D eigenvalue weighted by Gasteiger charge is -2.36. The number of alkyl halides is 3. The van der Waals surface area contributed by atoms with Gasteiger partial charge in [-0.3, -0.25) is 4.79 Å². The van der Waals surface area contributed by atoms with Gasteiger partial charge in [-0.15, -0.1) is 0 Å². The predicted molar refractivity (Wildman–Crippen MR) is 75.3 cm³/mol. The van der Waals surface area contributed by atoms with Gasteiger partial charge in [-0.25, -0.2) is 0 Å². The number of hydrogen-bond donors (Lipinski definition) is 1. The molecule has 1 aliphatic rings. The quantitative estimate of drug-likeness (QED) is 0.844. The molecule has 1 saturated carbocycles. The first-order valence-electron chi connectivity index (χ1n) is 7.26. The molecule has 2 nitrogen and oxygen atoms in total. The van der Waals surface area contributed by atoms with E-state index < -0.39 is 17.5 Å². The van der Waals surface area contributed by atoms with Crippen LogP contribution in [0, 0.1) is 0 Å². The zero-order valence-corrected chi connectivity index (χ0v) is 12.1. The van der Waals surface area contributed by atoms with Gasteiger partial charge in [-0.05, 0) is 26.0 Å². The van der Waals surface area contributed by atoms with Crippen LogP contribution in [0.3, 0.4) is 0 Å². The number of Topliss-reactive ketones (excluding diaryl/α,β-unsaturated/α-hetero) is 1. The van der Waals surface area contributed by atoms with Crippen molar-refractivity contribution >= 4 is 5.78 Å². The molecule has 0 amide bonds. The highest BCUT2D eigenvalue weighted by Gasteiger charge is 2.38. The van der Waals surface area contributed by atoms with E-state index in [-0.39, 0.29) is 17.5 Å². The fourth-order valence-electron chi connectivity index (χ4n) is 3.12. The van der Waals surface area contributed by atoms with Crippen molar-refractivity contribution in [2.75, 3.05) is 7.05 Å². The Morgan fingerprint density at radius 2 is 1.81 bits per heavy atom. The maximum atomic E-state index is 13.0. The summed E-state index contributed by atoms with van der Waals surface area (Å²) in [6, 6.07) is 5.04. The fourth-order valence-corrected chi connectivity index (χ4v) is 3.12. The van der Waals surface area contributed by atoms with Crippen molar-refractivity contribution in [3.05, 3.63) is 35.4 Å². The summed E-state index contributed by atoms with van der Waals surface area (Å²) in [5.41, 5.74) is -1.41. The van der Waals surface area contributed by atoms with Gasteiger partial charge >= 0.3 is 6.18 Å². The molecule has 0 radical (unpaired) electrons. The molecule has 116 valence electrons. The van der Waals surface area contributed by atoms with E-state index in [1.165, 1.54) is 18.2 Å². The second-order valence-electron chi connectivity index (χ2n) is 5.73. The van der Waals surface area contributed by atoms with Gasteiger partial charge in [0.15, 0.2) is 5.78 Å². The van der Waals surface area contributed by atoms with Gasteiger partial charge in [0.05, 0.1) is 5.56 Å². The number of nitrogens with one attached hydrogen (secondary N) is 1. The van der Waals surface area contributed by atoms with Crippen LogP contribution in [-0.2, 0) is 6.18 Å². The van der Waals surface area contributed by atoms with Crippen LogP contribution < -0.4 is 5.32 Å². The molecule has 1 N–H and O–H groups in total. The number of rotatable bonds is 4. The molecule has 1 aromatic rings. The minimum atomic E-state index is -4.49. The van der Waals surface area contributed by atoms with Gasteiger partial charge in [-0.1, -0.05) is 37.5 Å². The second-order valence-corrected chi connectivity index (χ2v) is 5.73. The molecule has 1 fully saturated rings. The summed E-state index contributed by atoms with van der Waals surface area (Å²) in [4.78, 5) is 12.4. The number of benzene rings is 1. The van der Waals surface area contributed by atoms with Crippen molar-refractivity contribution in [2.45, 2.75) is 50.2 Å². The average Bonchev–Trinajstić information content (AvgIpc) is 2.47. The summed E-state index contributed by atoms with van der Waals surface area (Å²) in [6.45, 7) is 0. The lowest BCUT2D eigenvalue weighted by Crippen LogP contribution is -2.46. The predicted octanol–water partition coefficient (Wildman–Crippen LogP) is 4.20. The molecule has 0 bridgehead atoms. The van der Waals surface area contributed by atoms with E-state index >= 15 is 0 Å². The van der Waals surface area contributed by atoms with Crippen LogP contribution in [-0.4, -0.2) is 18.4 Å². The van der Waals surface area contributed by atoms with E-state index in [1.807, 2.05) is 0 Å². The molecule has 0 atom stereocenters. The molecule has 2 rings (SSSR count). The summed E-state index contributed by atoms with van der Waals surface area (Å²) >= 11 is 0. The normalized spacial score (nSPS) is 18.5. The molecule has 21 heavy (non-hydrogen) atoms. The minimum absolute atomic E-state index is 0.122. The van der Waals surface area contributed by atoms with Gasteiger partial charge < -0.3 is 5.32 Å². The number of carbonyl (C=O) groups is 1. The van der Waals surface area contributed by atoms with Gasteiger partial charge in [0.25, 0.3) is 0 Å². The summed E-state index contributed by atoms with van der Waals surface area (Å²) in [5.74, 6) is -0.431. The van der Waals surface area contributed by atoms with Crippen LogP contribution in [0.15, 0.2) is 24.3 Å². The molecule has 0 unspecified atom stereocenters. The summed E-state index contributed by atoms with van der Waals surface area (Å²) < 4.78 is 39.0. The number of carbonyl (C=O) groups excluding carboxylic acids is 1. The standard InChI is InChI=1S/C16H20F3NO/c1-20-15(9-5-2-6-10-15)11-14(21)12-7-3-4-8-13(12)16(17,18)19/h3-4,7-8,20H,2,5-6,9-11H2,1H3. The molecule has 0 heterocycles. The number of halogens is 3. The molecular formula is C16H20F3NO. The summed E-state index contributed by atoms with van der Waals surface area (Å²) in [5, 5.41) is 3.17. The Morgan fingerprint density at radius 1 is 1.19 bits per heavy atom. The first-order chi connectivity index (χ1) is 9.88. The lowest BCUT2D eigenvalue weighted by molar-refractivity contribution is -0.137. The summed E-state index contributed by atoms with van der Waals surface area (Å²) in [6.07, 6.45) is 0.440. The molecule has 1 aromatic carbocycles. The van der Waals surface area contributed by atoms with Crippen LogP contribution in [0.5, 0.6) is 0 Å². The van der Waals surface area contributed by atoms with Gasteiger partial charge in [0, 0.05) is 17.5 Å². The largest absolute Gasteiger partial charge is 0.417 e. The zero-order chi connectivity index (χ0) is 15.5. The summed E-state index contributed by atoms with van der Waals surface area (Å²) in [7, 11) is 1.79. The van der Waals surface area contributed by atoms with E-state index in [4.69, 9.17) is 0 Å². The van der Waals surface area contributed by atoms with E-state index in [0.29, 0.717) is 0 Å². The third-order valence-corrected chi connectivity index (χ3v) is 4.37. The van der Waals surface area contributed by atoms with Gasteiger partial charge in [-0.2, -0.15) is 13.2 Å². The number of ketones is 1. The van der Waals surface area contributed by atoms with E-state index in [9.17, 15) is 18.0 Å². The maximum Gasteiger partial charge on any atom is 0.417 e. The third-order valence-electron chi connectivity index (χ3n) is 4.37. The van der Waals surface area contributed by atoms with Gasteiger partial charge in [0.1, 0.15) is 0 Å². The highest BCUT2D eigenvalue weighted by atomic mass is 19.4. The van der Waals surface area contributed by atoms with Crippen LogP contribution in [0.1, 0.15) is 54.4 Å². The first-order valence-corrected chi connectivity index (χ1v) is 7.26. The smallest absolute Gasteiger partial charge is 0.314 e. The topological polar surface area (TPSA) is 29.1 Å². The van der Waals surface area contributed by atoms with Crippen LogP contribution in [0.25, 0.3) is 0 Å². The average molecular weight is 299 g/mol. The monoisotopic (exact) mass is 299 g/mol. The van der Waals surface area contributed by atoms with Crippen LogP contribution in [0.4, 0.5) is 13.2 Å². The minimum Gasteiger partial charge on any atom is -0.314 e. The molecule has 5 heteroatoms. The molecule has 1 aliphatic carbocycles. The van der Waals surface area contributed by atoms with Crippen molar-refractivity contribution < 1.29 is 18.0 Å². The van der Waals surface area contributed by atoms with Crippen molar-refractivity contribution in [2.24, 2.45) is 0 Å². The van der Waals surface area contributed by atoms with E-state index in [1.54, 1.807) is 7.05 Å². The maximum absolute atomic E-state index is 13.0. The molecular weight excluding hydrogens is 279 g/mol. The van der Waals surface area contributed by atoms with Crippen LogP contribution in [0.2, 0.25) is 0 Å². The molecule has 0 spiro atoms. The van der Waals surface area contributed by atoms with E-state index in [0.717, 1.165) is 38.2 Å². The highest BCUT2D eigenvalue weighted by molar-refractivity contribution is 5.98. The Balaban J connectivity index is 2.24. The van der Waals surface area contributed by atoms with Crippen molar-refractivity contribution in [1.82, 2.24) is 5.32 Å². The molecule has 0 aromatic heterocycles. The SMILES string of the molecule is CNC1(CC(=O)c2ccccc2C(F)(F)F)CCCCC1. The molecule has 0 saturated heterocycles.